The molecule has 0 bridgehead atoms. The Morgan fingerprint density at radius 2 is 1.95 bits per heavy atom. The Morgan fingerprint density at radius 1 is 1.20 bits per heavy atom. The van der Waals surface area contributed by atoms with E-state index in [1.165, 1.54) is 0 Å². The lowest BCUT2D eigenvalue weighted by Gasteiger charge is -2.12. The van der Waals surface area contributed by atoms with Crippen LogP contribution in [0.15, 0.2) is 6.33 Å². The van der Waals surface area contributed by atoms with Gasteiger partial charge in [-0.05, 0) is 0 Å². The number of hydrogen-bond donors (Lipinski definition) is 2. The SMILES string of the molecule is CNc1nc(NCCc2ncn(C)n2)nc(N(C)C)n1. The molecule has 0 fully saturated rings. The second-order valence-corrected chi connectivity index (χ2v) is 4.44. The van der Waals surface area contributed by atoms with Gasteiger partial charge in [0, 0.05) is 41.2 Å². The van der Waals surface area contributed by atoms with Crippen LogP contribution in [0.5, 0.6) is 0 Å². The fraction of sp³-hybridized carbons (Fsp3) is 0.545. The molecule has 2 rings (SSSR count). The Hall–Kier alpha value is -2.45. The number of aryl methyl sites for hydroxylation is 1. The summed E-state index contributed by atoms with van der Waals surface area (Å²) >= 11 is 0. The van der Waals surface area contributed by atoms with Gasteiger partial charge in [0.15, 0.2) is 5.82 Å². The minimum atomic E-state index is 0.530. The van der Waals surface area contributed by atoms with Crippen molar-refractivity contribution < 1.29 is 0 Å². The van der Waals surface area contributed by atoms with Crippen molar-refractivity contribution >= 4 is 17.8 Å². The maximum atomic E-state index is 4.32. The van der Waals surface area contributed by atoms with Gasteiger partial charge in [0.1, 0.15) is 6.33 Å². The van der Waals surface area contributed by atoms with Crippen molar-refractivity contribution in [2.75, 3.05) is 43.2 Å². The average Bonchev–Trinajstić information content (AvgIpc) is 2.84. The molecule has 0 saturated heterocycles. The average molecular weight is 277 g/mol. The van der Waals surface area contributed by atoms with Crippen molar-refractivity contribution in [2.45, 2.75) is 6.42 Å². The predicted octanol–water partition coefficient (Wildman–Crippen LogP) is -0.238. The van der Waals surface area contributed by atoms with E-state index in [1.807, 2.05) is 26.0 Å². The zero-order valence-electron chi connectivity index (χ0n) is 12.1. The number of nitrogens with zero attached hydrogens (tertiary/aromatic N) is 7. The number of rotatable bonds is 6. The van der Waals surface area contributed by atoms with Crippen LogP contribution in [-0.2, 0) is 13.5 Å². The van der Waals surface area contributed by atoms with Gasteiger partial charge in [-0.3, -0.25) is 4.68 Å². The third kappa shape index (κ3) is 3.53. The van der Waals surface area contributed by atoms with Crippen molar-refractivity contribution in [3.63, 3.8) is 0 Å². The Morgan fingerprint density at radius 3 is 2.55 bits per heavy atom. The van der Waals surface area contributed by atoms with Gasteiger partial charge >= 0.3 is 0 Å². The van der Waals surface area contributed by atoms with Crippen molar-refractivity contribution in [1.82, 2.24) is 29.7 Å². The molecule has 20 heavy (non-hydrogen) atoms. The van der Waals surface area contributed by atoms with Gasteiger partial charge in [-0.25, -0.2) is 4.98 Å². The monoisotopic (exact) mass is 277 g/mol. The van der Waals surface area contributed by atoms with Gasteiger partial charge in [0.05, 0.1) is 0 Å². The molecule has 0 aromatic carbocycles. The summed E-state index contributed by atoms with van der Waals surface area (Å²) in [5, 5.41) is 10.3. The predicted molar refractivity (Wildman–Crippen MR) is 76.9 cm³/mol. The summed E-state index contributed by atoms with van der Waals surface area (Å²) in [5.41, 5.74) is 0. The molecule has 0 atom stereocenters. The van der Waals surface area contributed by atoms with Crippen LogP contribution in [0.25, 0.3) is 0 Å². The molecule has 9 nitrogen and oxygen atoms in total. The maximum Gasteiger partial charge on any atom is 0.231 e. The van der Waals surface area contributed by atoms with E-state index in [1.54, 1.807) is 18.1 Å². The van der Waals surface area contributed by atoms with Gasteiger partial charge in [0.25, 0.3) is 0 Å². The van der Waals surface area contributed by atoms with E-state index in [9.17, 15) is 0 Å². The van der Waals surface area contributed by atoms with E-state index in [0.717, 1.165) is 5.82 Å². The van der Waals surface area contributed by atoms with Crippen molar-refractivity contribution in [2.24, 2.45) is 7.05 Å². The molecule has 0 aliphatic heterocycles. The van der Waals surface area contributed by atoms with Crippen LogP contribution in [0.2, 0.25) is 0 Å². The molecular weight excluding hydrogens is 258 g/mol. The van der Waals surface area contributed by atoms with E-state index in [0.29, 0.717) is 30.8 Å². The quantitative estimate of drug-likeness (QED) is 0.747. The van der Waals surface area contributed by atoms with Gasteiger partial charge in [-0.1, -0.05) is 0 Å². The molecule has 2 aromatic heterocycles. The van der Waals surface area contributed by atoms with Crippen LogP contribution in [0.3, 0.4) is 0 Å². The molecular formula is C11H19N9. The summed E-state index contributed by atoms with van der Waals surface area (Å²) in [4.78, 5) is 18.8. The van der Waals surface area contributed by atoms with Gasteiger partial charge < -0.3 is 15.5 Å². The summed E-state index contributed by atoms with van der Waals surface area (Å²) in [6.45, 7) is 0.657. The zero-order valence-corrected chi connectivity index (χ0v) is 12.1. The van der Waals surface area contributed by atoms with Crippen LogP contribution in [0, 0.1) is 0 Å². The van der Waals surface area contributed by atoms with E-state index in [2.05, 4.69) is 35.7 Å². The van der Waals surface area contributed by atoms with Crippen LogP contribution in [0.1, 0.15) is 5.82 Å². The molecule has 0 aliphatic rings. The lowest BCUT2D eigenvalue weighted by Crippen LogP contribution is -2.17. The summed E-state index contributed by atoms with van der Waals surface area (Å²) in [6, 6.07) is 0. The van der Waals surface area contributed by atoms with E-state index >= 15 is 0 Å². The first-order chi connectivity index (χ1) is 9.58. The highest BCUT2D eigenvalue weighted by molar-refractivity contribution is 5.42. The third-order valence-electron chi connectivity index (χ3n) is 2.53. The molecule has 0 unspecified atom stereocenters. The molecule has 2 N–H and O–H groups in total. The fourth-order valence-corrected chi connectivity index (χ4v) is 1.54. The molecule has 0 amide bonds. The summed E-state index contributed by atoms with van der Waals surface area (Å²) < 4.78 is 1.68. The number of nitrogens with one attached hydrogen (secondary N) is 2. The van der Waals surface area contributed by atoms with Gasteiger partial charge in [-0.15, -0.1) is 0 Å². The van der Waals surface area contributed by atoms with Crippen LogP contribution in [-0.4, -0.2) is 57.4 Å². The van der Waals surface area contributed by atoms with Gasteiger partial charge in [-0.2, -0.15) is 20.1 Å². The molecule has 0 aliphatic carbocycles. The second-order valence-electron chi connectivity index (χ2n) is 4.44. The van der Waals surface area contributed by atoms with E-state index in [-0.39, 0.29) is 0 Å². The Kier molecular flexibility index (Phi) is 4.28. The highest BCUT2D eigenvalue weighted by Gasteiger charge is 2.07. The summed E-state index contributed by atoms with van der Waals surface area (Å²) in [5.74, 6) is 2.45. The molecule has 2 aromatic rings. The first kappa shape index (κ1) is 14.0. The second kappa shape index (κ2) is 6.13. The minimum absolute atomic E-state index is 0.530. The molecule has 0 spiro atoms. The van der Waals surface area contributed by atoms with Crippen LogP contribution >= 0.6 is 0 Å². The smallest absolute Gasteiger partial charge is 0.231 e. The van der Waals surface area contributed by atoms with Crippen LogP contribution < -0.4 is 15.5 Å². The Balaban J connectivity index is 1.99. The first-order valence-corrected chi connectivity index (χ1v) is 6.28. The highest BCUT2D eigenvalue weighted by atomic mass is 15.3. The fourth-order valence-electron chi connectivity index (χ4n) is 1.54. The number of anilines is 3. The molecule has 9 heteroatoms. The summed E-state index contributed by atoms with van der Waals surface area (Å²) in [6.07, 6.45) is 2.39. The molecule has 0 radical (unpaired) electrons. The Bertz CT molecular complexity index is 563. The Labute approximate surface area is 117 Å². The normalized spacial score (nSPS) is 10.4. The highest BCUT2D eigenvalue weighted by Crippen LogP contribution is 2.10. The summed E-state index contributed by atoms with van der Waals surface area (Å²) in [7, 11) is 7.39. The zero-order chi connectivity index (χ0) is 14.5. The van der Waals surface area contributed by atoms with Gasteiger partial charge in [0.2, 0.25) is 17.8 Å². The number of aromatic nitrogens is 6. The van der Waals surface area contributed by atoms with E-state index < -0.39 is 0 Å². The van der Waals surface area contributed by atoms with Crippen LogP contribution in [0.4, 0.5) is 17.8 Å². The first-order valence-electron chi connectivity index (χ1n) is 6.28. The molecule has 2 heterocycles. The van der Waals surface area contributed by atoms with Crippen molar-refractivity contribution in [3.05, 3.63) is 12.2 Å². The largest absolute Gasteiger partial charge is 0.357 e. The lowest BCUT2D eigenvalue weighted by molar-refractivity contribution is 0.741. The standard InChI is InChI=1S/C11H19N9/c1-12-9-15-10(17-11(16-9)19(2)3)13-6-5-8-14-7-20(4)18-8/h7H,5-6H2,1-4H3,(H2,12,13,15,16,17). The maximum absolute atomic E-state index is 4.32. The van der Waals surface area contributed by atoms with Crippen molar-refractivity contribution in [1.29, 1.82) is 0 Å². The number of hydrogen-bond acceptors (Lipinski definition) is 8. The van der Waals surface area contributed by atoms with Crippen molar-refractivity contribution in [3.8, 4) is 0 Å². The lowest BCUT2D eigenvalue weighted by atomic mass is 10.4. The third-order valence-corrected chi connectivity index (χ3v) is 2.53. The topological polar surface area (TPSA) is 96.7 Å². The minimum Gasteiger partial charge on any atom is -0.357 e. The molecule has 108 valence electrons. The molecule has 0 saturated carbocycles. The van der Waals surface area contributed by atoms with E-state index in [4.69, 9.17) is 0 Å².